The fourth-order valence-corrected chi connectivity index (χ4v) is 4.31. The molecule has 0 bridgehead atoms. The number of anilines is 2. The van der Waals surface area contributed by atoms with E-state index in [1.54, 1.807) is 4.90 Å². The molecule has 1 aromatic heterocycles. The third kappa shape index (κ3) is 2.13. The summed E-state index contributed by atoms with van der Waals surface area (Å²) in [6, 6.07) is 0. The van der Waals surface area contributed by atoms with Gasteiger partial charge >= 0.3 is 126 Å². The van der Waals surface area contributed by atoms with Crippen molar-refractivity contribution < 1.29 is 28.9 Å². The van der Waals surface area contributed by atoms with E-state index >= 15 is 0 Å². The minimum atomic E-state index is -3.21. The van der Waals surface area contributed by atoms with E-state index in [9.17, 15) is 15.1 Å². The zero-order chi connectivity index (χ0) is 15.5. The normalized spacial score (nSPS) is 37.3. The summed E-state index contributed by atoms with van der Waals surface area (Å²) in [6.45, 7) is 0.470. The average Bonchev–Trinajstić information content (AvgIpc) is 3.01. The second-order valence-corrected chi connectivity index (χ2v) is 7.87. The Morgan fingerprint density at radius 1 is 1.45 bits per heavy atom. The van der Waals surface area contributed by atoms with Crippen LogP contribution in [0.1, 0.15) is 0 Å². The second kappa shape index (κ2) is 4.88. The molecule has 3 aliphatic rings. The van der Waals surface area contributed by atoms with Crippen molar-refractivity contribution >= 4 is 26.9 Å². The van der Waals surface area contributed by atoms with Crippen LogP contribution in [0.2, 0.25) is 0 Å². The second-order valence-electron chi connectivity index (χ2n) is 5.55. The molecule has 120 valence electrons. The molecule has 4 atom stereocenters. The zero-order valence-electron chi connectivity index (χ0n) is 11.7. The van der Waals surface area contributed by atoms with Crippen LogP contribution in [0.3, 0.4) is 0 Å². The molecule has 4 N–H and O–H groups in total. The maximum absolute atomic E-state index is 10.5. The van der Waals surface area contributed by atoms with Crippen LogP contribution < -0.4 is 10.2 Å². The number of fused-ring (bicyclic) bond motifs is 2. The van der Waals surface area contributed by atoms with Gasteiger partial charge in [-0.15, -0.1) is 0 Å². The standard InChI is InChI=1S/C10H16BN4O6P/c11-22(18)19-1-4-7(21-22)6(16)10(20-4)15-3-14-5-8(15)12-2-13-9(5)17/h2,4,6-7,10,14,16,18,22H,1,3,11H2,(H,12,13,17)/t4?,6?,7-,10?/m1/s1. The molecule has 3 unspecified atom stereocenters. The van der Waals surface area contributed by atoms with Crippen molar-refractivity contribution in [2.75, 3.05) is 23.5 Å². The predicted octanol–water partition coefficient (Wildman–Crippen LogP) is -2.09. The molecule has 22 heavy (non-hydrogen) atoms. The van der Waals surface area contributed by atoms with Crippen molar-refractivity contribution in [3.8, 4) is 5.88 Å². The van der Waals surface area contributed by atoms with Gasteiger partial charge in [-0.2, -0.15) is 0 Å². The Bertz CT molecular complexity index is 609. The van der Waals surface area contributed by atoms with Crippen molar-refractivity contribution in [1.29, 1.82) is 0 Å². The fourth-order valence-electron chi connectivity index (χ4n) is 2.97. The van der Waals surface area contributed by atoms with Crippen LogP contribution in [0.15, 0.2) is 6.33 Å². The molecule has 2 fully saturated rings. The Kier molecular flexibility index (Phi) is 3.19. The number of hydrogen-bond acceptors (Lipinski definition) is 10. The van der Waals surface area contributed by atoms with E-state index in [1.165, 1.54) is 13.9 Å². The fraction of sp³-hybridized carbons (Fsp3) is 0.600. The van der Waals surface area contributed by atoms with Crippen LogP contribution in [0, 0.1) is 0 Å². The van der Waals surface area contributed by atoms with Crippen molar-refractivity contribution in [3.05, 3.63) is 6.33 Å². The Morgan fingerprint density at radius 2 is 2.27 bits per heavy atom. The zero-order valence-corrected chi connectivity index (χ0v) is 12.7. The van der Waals surface area contributed by atoms with Crippen molar-refractivity contribution in [1.82, 2.24) is 9.97 Å². The molecule has 4 rings (SSSR count). The van der Waals surface area contributed by atoms with Gasteiger partial charge in [0.05, 0.1) is 0 Å². The Balaban J connectivity index is 1.60. The number of aromatic hydroxyl groups is 1. The summed E-state index contributed by atoms with van der Waals surface area (Å²) in [5.41, 5.74) is 0.395. The van der Waals surface area contributed by atoms with Gasteiger partial charge < -0.3 is 0 Å². The molecule has 10 nitrogen and oxygen atoms in total. The first-order valence-electron chi connectivity index (χ1n) is 6.88. The van der Waals surface area contributed by atoms with Gasteiger partial charge in [-0.3, -0.25) is 0 Å². The van der Waals surface area contributed by atoms with Crippen LogP contribution in [0.25, 0.3) is 0 Å². The quantitative estimate of drug-likeness (QED) is 0.336. The average molecular weight is 330 g/mol. The van der Waals surface area contributed by atoms with Crippen LogP contribution in [-0.2, 0) is 13.8 Å². The first-order chi connectivity index (χ1) is 10.5. The summed E-state index contributed by atoms with van der Waals surface area (Å²) in [5.74, 6) is 0.285. The van der Waals surface area contributed by atoms with Crippen molar-refractivity contribution in [2.45, 2.75) is 24.5 Å². The van der Waals surface area contributed by atoms with E-state index in [2.05, 4.69) is 15.3 Å². The monoisotopic (exact) mass is 330 g/mol. The van der Waals surface area contributed by atoms with Gasteiger partial charge in [-0.25, -0.2) is 0 Å². The van der Waals surface area contributed by atoms with Gasteiger partial charge in [0.15, 0.2) is 0 Å². The molecule has 0 amide bonds. The van der Waals surface area contributed by atoms with E-state index in [0.717, 1.165) is 0 Å². The van der Waals surface area contributed by atoms with Gasteiger partial charge in [0.1, 0.15) is 0 Å². The number of nitrogens with zero attached hydrogens (tertiary/aromatic N) is 3. The number of nitrogens with one attached hydrogen (secondary N) is 1. The van der Waals surface area contributed by atoms with Crippen molar-refractivity contribution in [2.24, 2.45) is 0 Å². The molecule has 0 aromatic carbocycles. The first-order valence-corrected chi connectivity index (χ1v) is 9.15. The number of hydrogen-bond donors (Lipinski definition) is 4. The van der Waals surface area contributed by atoms with E-state index in [4.69, 9.17) is 13.8 Å². The van der Waals surface area contributed by atoms with Crippen molar-refractivity contribution in [3.63, 3.8) is 0 Å². The van der Waals surface area contributed by atoms with E-state index in [-0.39, 0.29) is 12.5 Å². The number of ether oxygens (including phenoxy) is 1. The Hall–Kier alpha value is -1.23. The molecule has 0 aliphatic carbocycles. The van der Waals surface area contributed by atoms with Crippen LogP contribution in [0.4, 0.5) is 11.5 Å². The molecular weight excluding hydrogens is 314 g/mol. The van der Waals surface area contributed by atoms with Gasteiger partial charge in [-0.05, 0) is 0 Å². The first kappa shape index (κ1) is 14.4. The summed E-state index contributed by atoms with van der Waals surface area (Å²) in [7, 11) is -1.71. The Labute approximate surface area is 127 Å². The van der Waals surface area contributed by atoms with Crippen LogP contribution in [-0.4, -0.2) is 70.5 Å². The number of aromatic nitrogens is 2. The molecular formula is C10H16BN4O6P. The van der Waals surface area contributed by atoms with Gasteiger partial charge in [0.2, 0.25) is 0 Å². The third-order valence-electron chi connectivity index (χ3n) is 3.99. The van der Waals surface area contributed by atoms with Crippen LogP contribution >= 0.6 is 7.82 Å². The summed E-state index contributed by atoms with van der Waals surface area (Å²) in [5, 5.41) is 23.2. The summed E-state index contributed by atoms with van der Waals surface area (Å²) in [6.07, 6.45) is -1.57. The van der Waals surface area contributed by atoms with Gasteiger partial charge in [-0.1, -0.05) is 0 Å². The molecule has 1 aromatic rings. The topological polar surface area (TPSA) is 129 Å². The van der Waals surface area contributed by atoms with E-state index in [0.29, 0.717) is 18.2 Å². The SMILES string of the molecule is B[PH]1(O)OCC2OC(N3CNc4c(O)ncnc43)C(O)[C@@H]2O1. The summed E-state index contributed by atoms with van der Waals surface area (Å²) < 4.78 is 16.5. The summed E-state index contributed by atoms with van der Waals surface area (Å²) in [4.78, 5) is 19.4. The summed E-state index contributed by atoms with van der Waals surface area (Å²) >= 11 is 0. The van der Waals surface area contributed by atoms with E-state index < -0.39 is 32.4 Å². The molecule has 12 heteroatoms. The third-order valence-corrected chi connectivity index (χ3v) is 5.40. The number of rotatable bonds is 1. The van der Waals surface area contributed by atoms with Gasteiger partial charge in [0, 0.05) is 0 Å². The maximum atomic E-state index is 10.5. The Morgan fingerprint density at radius 3 is 3.09 bits per heavy atom. The molecule has 0 saturated carbocycles. The minimum absolute atomic E-state index is 0.160. The molecule has 3 aliphatic heterocycles. The molecule has 2 saturated heterocycles. The number of aliphatic hydroxyl groups is 1. The molecule has 0 spiro atoms. The number of aliphatic hydroxyl groups excluding tert-OH is 1. The van der Waals surface area contributed by atoms with Gasteiger partial charge in [0.25, 0.3) is 0 Å². The molecule has 4 heterocycles. The molecule has 0 radical (unpaired) electrons. The predicted molar refractivity (Wildman–Crippen MR) is 79.2 cm³/mol. The van der Waals surface area contributed by atoms with E-state index in [1.807, 2.05) is 0 Å². The van der Waals surface area contributed by atoms with Crippen LogP contribution in [0.5, 0.6) is 5.88 Å².